The van der Waals surface area contributed by atoms with Crippen LogP contribution < -0.4 is 0 Å². The molecule has 0 radical (unpaired) electrons. The van der Waals surface area contributed by atoms with Crippen molar-refractivity contribution in [1.82, 2.24) is 0 Å². The highest BCUT2D eigenvalue weighted by Crippen LogP contribution is 2.58. The van der Waals surface area contributed by atoms with Crippen molar-refractivity contribution in [3.8, 4) is 0 Å². The lowest BCUT2D eigenvalue weighted by atomic mass is 10.0. The highest BCUT2D eigenvalue weighted by Gasteiger charge is 2.60. The molecule has 1 nitrogen and oxygen atoms in total. The van der Waals surface area contributed by atoms with E-state index in [4.69, 9.17) is 0 Å². The van der Waals surface area contributed by atoms with E-state index >= 15 is 0 Å². The number of hydrogen-bond acceptors (Lipinski definition) is 1. The van der Waals surface area contributed by atoms with Gasteiger partial charge in [-0.05, 0) is 43.1 Å². The minimum Gasteiger partial charge on any atom is -0.389 e. The first-order chi connectivity index (χ1) is 6.79. The lowest BCUT2D eigenvalue weighted by Gasteiger charge is -2.07. The molecule has 0 amide bonds. The van der Waals surface area contributed by atoms with Crippen molar-refractivity contribution in [3.63, 3.8) is 0 Å². The van der Waals surface area contributed by atoms with E-state index in [-0.39, 0.29) is 5.60 Å². The maximum absolute atomic E-state index is 10.2. The first-order valence-electron chi connectivity index (χ1n) is 5.55. The molecule has 14 heavy (non-hydrogen) atoms. The van der Waals surface area contributed by atoms with Crippen molar-refractivity contribution in [2.45, 2.75) is 31.3 Å². The Balaban J connectivity index is 1.65. The first kappa shape index (κ1) is 8.49. The molecular formula is C13H16O. The largest absolute Gasteiger partial charge is 0.389 e. The Morgan fingerprint density at radius 3 is 2.57 bits per heavy atom. The average molecular weight is 188 g/mol. The molecule has 2 saturated carbocycles. The van der Waals surface area contributed by atoms with E-state index in [1.807, 2.05) is 6.07 Å². The molecule has 3 rings (SSSR count). The predicted octanol–water partition coefficient (Wildman–Crippen LogP) is 2.39. The predicted molar refractivity (Wildman–Crippen MR) is 55.9 cm³/mol. The van der Waals surface area contributed by atoms with Crippen LogP contribution in [0.25, 0.3) is 0 Å². The van der Waals surface area contributed by atoms with Crippen LogP contribution >= 0.6 is 0 Å². The molecular weight excluding hydrogens is 172 g/mol. The molecule has 2 fully saturated rings. The molecule has 1 aromatic rings. The molecule has 2 atom stereocenters. The second-order valence-corrected chi connectivity index (χ2v) is 4.86. The van der Waals surface area contributed by atoms with Crippen molar-refractivity contribution in [3.05, 3.63) is 35.9 Å². The summed E-state index contributed by atoms with van der Waals surface area (Å²) >= 11 is 0. The monoisotopic (exact) mass is 188 g/mol. The van der Waals surface area contributed by atoms with Gasteiger partial charge < -0.3 is 5.11 Å². The number of hydrogen-bond donors (Lipinski definition) is 1. The number of benzene rings is 1. The fourth-order valence-electron chi connectivity index (χ4n) is 2.57. The second-order valence-electron chi connectivity index (χ2n) is 4.86. The van der Waals surface area contributed by atoms with E-state index < -0.39 is 0 Å². The fourth-order valence-corrected chi connectivity index (χ4v) is 2.57. The Morgan fingerprint density at radius 1 is 1.21 bits per heavy atom. The Labute approximate surface area is 84.8 Å². The molecule has 2 aliphatic carbocycles. The molecule has 0 heterocycles. The summed E-state index contributed by atoms with van der Waals surface area (Å²) in [5, 5.41) is 10.2. The summed E-state index contributed by atoms with van der Waals surface area (Å²) in [6.45, 7) is 0. The molecule has 0 aliphatic heterocycles. The van der Waals surface area contributed by atoms with E-state index in [1.54, 1.807) is 0 Å². The molecule has 74 valence electrons. The van der Waals surface area contributed by atoms with Crippen molar-refractivity contribution in [2.75, 3.05) is 0 Å². The molecule has 0 bridgehead atoms. The van der Waals surface area contributed by atoms with Gasteiger partial charge in [-0.1, -0.05) is 30.3 Å². The summed E-state index contributed by atoms with van der Waals surface area (Å²) in [7, 11) is 0. The van der Waals surface area contributed by atoms with Gasteiger partial charge in [-0.15, -0.1) is 0 Å². The highest BCUT2D eigenvalue weighted by atomic mass is 16.3. The third-order valence-electron chi connectivity index (χ3n) is 3.73. The summed E-state index contributed by atoms with van der Waals surface area (Å²) in [6.07, 6.45) is 4.60. The summed E-state index contributed by atoms with van der Waals surface area (Å²) in [5.74, 6) is 1.17. The van der Waals surface area contributed by atoms with Crippen LogP contribution in [0.2, 0.25) is 0 Å². The first-order valence-corrected chi connectivity index (χ1v) is 5.55. The van der Waals surface area contributed by atoms with Gasteiger partial charge in [0.15, 0.2) is 0 Å². The van der Waals surface area contributed by atoms with E-state index in [2.05, 4.69) is 24.3 Å². The van der Waals surface area contributed by atoms with Crippen LogP contribution in [0.3, 0.4) is 0 Å². The Hall–Kier alpha value is -0.820. The summed E-state index contributed by atoms with van der Waals surface area (Å²) in [5.41, 5.74) is 1.10. The van der Waals surface area contributed by atoms with Crippen molar-refractivity contribution in [2.24, 2.45) is 11.8 Å². The van der Waals surface area contributed by atoms with Gasteiger partial charge in [0.05, 0.1) is 5.60 Å². The third-order valence-corrected chi connectivity index (χ3v) is 3.73. The van der Waals surface area contributed by atoms with Gasteiger partial charge in [0, 0.05) is 0 Å². The molecule has 0 unspecified atom stereocenters. The van der Waals surface area contributed by atoms with E-state index in [9.17, 15) is 5.11 Å². The summed E-state index contributed by atoms with van der Waals surface area (Å²) in [4.78, 5) is 0. The van der Waals surface area contributed by atoms with Crippen LogP contribution in [0.5, 0.6) is 0 Å². The van der Waals surface area contributed by atoms with Crippen LogP contribution in [0.4, 0.5) is 0 Å². The third kappa shape index (κ3) is 1.36. The summed E-state index contributed by atoms with van der Waals surface area (Å²) < 4.78 is 0. The lowest BCUT2D eigenvalue weighted by molar-refractivity contribution is 0.107. The standard InChI is InChI=1S/C13H16O/c14-13(11-6-7-11)9-12(13)8-10-4-2-1-3-5-10/h1-5,11-12,14H,6-9H2/t12-,13+/m1/s1. The van der Waals surface area contributed by atoms with Crippen LogP contribution in [0.15, 0.2) is 30.3 Å². The van der Waals surface area contributed by atoms with E-state index in [0.717, 1.165) is 12.8 Å². The second kappa shape index (κ2) is 2.83. The smallest absolute Gasteiger partial charge is 0.0711 e. The minimum absolute atomic E-state index is 0.268. The van der Waals surface area contributed by atoms with Crippen molar-refractivity contribution < 1.29 is 5.11 Å². The van der Waals surface area contributed by atoms with Crippen molar-refractivity contribution >= 4 is 0 Å². The van der Waals surface area contributed by atoms with Gasteiger partial charge >= 0.3 is 0 Å². The minimum atomic E-state index is -0.268. The molecule has 0 saturated heterocycles. The van der Waals surface area contributed by atoms with E-state index in [1.165, 1.54) is 18.4 Å². The van der Waals surface area contributed by atoms with Gasteiger partial charge in [0.25, 0.3) is 0 Å². The number of aliphatic hydroxyl groups is 1. The Morgan fingerprint density at radius 2 is 1.93 bits per heavy atom. The molecule has 2 aliphatic rings. The lowest BCUT2D eigenvalue weighted by Crippen LogP contribution is -2.14. The van der Waals surface area contributed by atoms with E-state index in [0.29, 0.717) is 11.8 Å². The normalized spacial score (nSPS) is 35.6. The molecule has 0 spiro atoms. The van der Waals surface area contributed by atoms with Crippen molar-refractivity contribution in [1.29, 1.82) is 0 Å². The van der Waals surface area contributed by atoms with Crippen LogP contribution in [0.1, 0.15) is 24.8 Å². The zero-order chi connectivity index (χ0) is 9.60. The van der Waals surface area contributed by atoms with Gasteiger partial charge in [0.1, 0.15) is 0 Å². The molecule has 1 aromatic carbocycles. The highest BCUT2D eigenvalue weighted by molar-refractivity contribution is 5.21. The maximum Gasteiger partial charge on any atom is 0.0711 e. The quantitative estimate of drug-likeness (QED) is 0.772. The van der Waals surface area contributed by atoms with Gasteiger partial charge in [-0.25, -0.2) is 0 Å². The topological polar surface area (TPSA) is 20.2 Å². The maximum atomic E-state index is 10.2. The zero-order valence-corrected chi connectivity index (χ0v) is 8.32. The Kier molecular flexibility index (Phi) is 1.72. The zero-order valence-electron chi connectivity index (χ0n) is 8.32. The van der Waals surface area contributed by atoms with Crippen LogP contribution in [0, 0.1) is 11.8 Å². The molecule has 1 heteroatoms. The molecule has 1 N–H and O–H groups in total. The van der Waals surface area contributed by atoms with Gasteiger partial charge in [-0.3, -0.25) is 0 Å². The van der Waals surface area contributed by atoms with Gasteiger partial charge in [0.2, 0.25) is 0 Å². The van der Waals surface area contributed by atoms with Crippen LogP contribution in [-0.2, 0) is 6.42 Å². The number of rotatable bonds is 3. The molecule has 0 aromatic heterocycles. The van der Waals surface area contributed by atoms with Gasteiger partial charge in [-0.2, -0.15) is 0 Å². The average Bonchev–Trinajstić information content (AvgIpc) is 3.05. The summed E-state index contributed by atoms with van der Waals surface area (Å²) in [6, 6.07) is 10.5. The SMILES string of the molecule is O[C@]1(C2CC2)C[C@H]1Cc1ccccc1. The fraction of sp³-hybridized carbons (Fsp3) is 0.538. The Bertz CT molecular complexity index is 328. The van der Waals surface area contributed by atoms with Crippen LogP contribution in [-0.4, -0.2) is 10.7 Å².